The highest BCUT2D eigenvalue weighted by Gasteiger charge is 2.47. The van der Waals surface area contributed by atoms with Crippen LogP contribution >= 0.6 is 0 Å². The van der Waals surface area contributed by atoms with Crippen molar-refractivity contribution in [1.82, 2.24) is 0 Å². The predicted molar refractivity (Wildman–Crippen MR) is 75.0 cm³/mol. The van der Waals surface area contributed by atoms with E-state index in [1.807, 2.05) is 0 Å². The van der Waals surface area contributed by atoms with E-state index in [9.17, 15) is 4.79 Å². The molecule has 0 radical (unpaired) electrons. The van der Waals surface area contributed by atoms with Crippen LogP contribution in [0.3, 0.4) is 0 Å². The van der Waals surface area contributed by atoms with E-state index >= 15 is 0 Å². The smallest absolute Gasteiger partial charge is 0.337 e. The molecule has 2 fully saturated rings. The Bertz CT molecular complexity index is 413. The van der Waals surface area contributed by atoms with Crippen LogP contribution in [0, 0.1) is 17.8 Å². The minimum absolute atomic E-state index is 0.176. The van der Waals surface area contributed by atoms with E-state index in [0.29, 0.717) is 11.5 Å². The molecule has 0 bridgehead atoms. The van der Waals surface area contributed by atoms with Gasteiger partial charge >= 0.3 is 5.97 Å². The monoisotopic (exact) mass is 296 g/mol. The van der Waals surface area contributed by atoms with Gasteiger partial charge in [0.05, 0.1) is 18.9 Å². The first-order valence-electron chi connectivity index (χ1n) is 7.91. The van der Waals surface area contributed by atoms with Gasteiger partial charge in [-0.05, 0) is 38.0 Å². The van der Waals surface area contributed by atoms with Gasteiger partial charge in [-0.2, -0.15) is 0 Å². The zero-order valence-electron chi connectivity index (χ0n) is 12.7. The lowest BCUT2D eigenvalue weighted by atomic mass is 9.83. The molecule has 1 aliphatic carbocycles. The SMILES string of the molecule is COC(=O)C1=CO[C@@H](OC2CCCCO2)[C@H]2[C@@H]1CC[C@@H]2C. The van der Waals surface area contributed by atoms with Gasteiger partial charge < -0.3 is 18.9 Å². The summed E-state index contributed by atoms with van der Waals surface area (Å²) in [5, 5.41) is 0. The molecular weight excluding hydrogens is 272 g/mol. The lowest BCUT2D eigenvalue weighted by molar-refractivity contribution is -0.266. The maximum Gasteiger partial charge on any atom is 0.337 e. The summed E-state index contributed by atoms with van der Waals surface area (Å²) in [6.07, 6.45) is 6.26. The summed E-state index contributed by atoms with van der Waals surface area (Å²) in [6, 6.07) is 0. The summed E-state index contributed by atoms with van der Waals surface area (Å²) in [5.74, 6) is 0.563. The van der Waals surface area contributed by atoms with E-state index < -0.39 is 0 Å². The van der Waals surface area contributed by atoms with Crippen LogP contribution < -0.4 is 0 Å². The Morgan fingerprint density at radius 1 is 1.29 bits per heavy atom. The summed E-state index contributed by atoms with van der Waals surface area (Å²) >= 11 is 0. The first kappa shape index (κ1) is 14.9. The van der Waals surface area contributed by atoms with Crippen LogP contribution in [0.25, 0.3) is 0 Å². The maximum atomic E-state index is 11.9. The zero-order valence-corrected chi connectivity index (χ0v) is 12.7. The Balaban J connectivity index is 1.73. The third-order valence-electron chi connectivity index (χ3n) is 4.94. The summed E-state index contributed by atoms with van der Waals surface area (Å²) < 4.78 is 22.3. The Kier molecular flexibility index (Phi) is 4.50. The molecule has 5 atom stereocenters. The van der Waals surface area contributed by atoms with Crippen LogP contribution in [0.15, 0.2) is 11.8 Å². The van der Waals surface area contributed by atoms with Crippen molar-refractivity contribution in [1.29, 1.82) is 0 Å². The molecule has 118 valence electrons. The second-order valence-corrected chi connectivity index (χ2v) is 6.24. The number of hydrogen-bond acceptors (Lipinski definition) is 5. The molecule has 2 aliphatic heterocycles. The topological polar surface area (TPSA) is 54.0 Å². The number of methoxy groups -OCH3 is 1. The van der Waals surface area contributed by atoms with E-state index in [2.05, 4.69) is 6.92 Å². The fraction of sp³-hybridized carbons (Fsp3) is 0.812. The molecule has 21 heavy (non-hydrogen) atoms. The molecule has 3 rings (SSSR count). The van der Waals surface area contributed by atoms with Crippen LogP contribution in [0.4, 0.5) is 0 Å². The van der Waals surface area contributed by atoms with Crippen molar-refractivity contribution in [3.8, 4) is 0 Å². The molecular formula is C16H24O5. The van der Waals surface area contributed by atoms with Gasteiger partial charge in [-0.1, -0.05) is 6.92 Å². The number of carbonyl (C=O) groups excluding carboxylic acids is 1. The molecule has 0 aromatic heterocycles. The van der Waals surface area contributed by atoms with Crippen LogP contribution in [0.2, 0.25) is 0 Å². The van der Waals surface area contributed by atoms with Crippen molar-refractivity contribution in [2.45, 2.75) is 51.6 Å². The van der Waals surface area contributed by atoms with E-state index in [1.54, 1.807) is 6.26 Å². The highest BCUT2D eigenvalue weighted by Crippen LogP contribution is 2.47. The average molecular weight is 296 g/mol. The van der Waals surface area contributed by atoms with Crippen molar-refractivity contribution in [2.24, 2.45) is 17.8 Å². The van der Waals surface area contributed by atoms with Gasteiger partial charge in [0.25, 0.3) is 0 Å². The molecule has 5 nitrogen and oxygen atoms in total. The third kappa shape index (κ3) is 2.94. The number of ether oxygens (including phenoxy) is 4. The number of fused-ring (bicyclic) bond motifs is 1. The molecule has 3 aliphatic rings. The average Bonchev–Trinajstić information content (AvgIpc) is 2.90. The van der Waals surface area contributed by atoms with Gasteiger partial charge in [0.15, 0.2) is 6.29 Å². The number of rotatable bonds is 3. The molecule has 1 saturated carbocycles. The van der Waals surface area contributed by atoms with Crippen molar-refractivity contribution in [3.05, 3.63) is 11.8 Å². The van der Waals surface area contributed by atoms with Crippen molar-refractivity contribution < 1.29 is 23.7 Å². The summed E-state index contributed by atoms with van der Waals surface area (Å²) in [6.45, 7) is 2.95. The molecule has 1 unspecified atom stereocenters. The maximum absolute atomic E-state index is 11.9. The Morgan fingerprint density at radius 2 is 2.14 bits per heavy atom. The third-order valence-corrected chi connectivity index (χ3v) is 4.94. The molecule has 0 spiro atoms. The zero-order chi connectivity index (χ0) is 14.8. The predicted octanol–water partition coefficient (Wildman–Crippen LogP) is 2.61. The minimum atomic E-state index is -0.316. The summed E-state index contributed by atoms with van der Waals surface area (Å²) in [5.41, 5.74) is 0.649. The first-order valence-corrected chi connectivity index (χ1v) is 7.91. The molecule has 0 aromatic rings. The van der Waals surface area contributed by atoms with E-state index in [4.69, 9.17) is 18.9 Å². The Morgan fingerprint density at radius 3 is 2.86 bits per heavy atom. The van der Waals surface area contributed by atoms with Gasteiger partial charge in [-0.3, -0.25) is 0 Å². The lowest BCUT2D eigenvalue weighted by Crippen LogP contribution is -2.41. The van der Waals surface area contributed by atoms with Gasteiger partial charge in [0.2, 0.25) is 6.29 Å². The van der Waals surface area contributed by atoms with Crippen LogP contribution in [-0.4, -0.2) is 32.3 Å². The molecule has 5 heteroatoms. The minimum Gasteiger partial charge on any atom is -0.472 e. The largest absolute Gasteiger partial charge is 0.472 e. The lowest BCUT2D eigenvalue weighted by Gasteiger charge is -2.37. The molecule has 0 aromatic carbocycles. The summed E-state index contributed by atoms with van der Waals surface area (Å²) in [7, 11) is 1.41. The number of esters is 1. The van der Waals surface area contributed by atoms with Gasteiger partial charge in [0.1, 0.15) is 0 Å². The normalized spacial score (nSPS) is 39.1. The van der Waals surface area contributed by atoms with Crippen molar-refractivity contribution >= 4 is 5.97 Å². The Labute approximate surface area is 125 Å². The highest BCUT2D eigenvalue weighted by atomic mass is 16.8. The van der Waals surface area contributed by atoms with Crippen molar-refractivity contribution in [2.75, 3.05) is 13.7 Å². The fourth-order valence-electron chi connectivity index (χ4n) is 3.77. The second-order valence-electron chi connectivity index (χ2n) is 6.24. The molecule has 1 saturated heterocycles. The van der Waals surface area contributed by atoms with Gasteiger partial charge in [0, 0.05) is 18.4 Å². The molecule has 0 amide bonds. The van der Waals surface area contributed by atoms with E-state index in [1.165, 1.54) is 7.11 Å². The Hall–Kier alpha value is -1.07. The summed E-state index contributed by atoms with van der Waals surface area (Å²) in [4.78, 5) is 11.9. The van der Waals surface area contributed by atoms with Crippen molar-refractivity contribution in [3.63, 3.8) is 0 Å². The van der Waals surface area contributed by atoms with Gasteiger partial charge in [-0.25, -0.2) is 4.79 Å². The molecule has 0 N–H and O–H groups in total. The fourth-order valence-corrected chi connectivity index (χ4v) is 3.77. The number of carbonyl (C=O) groups is 1. The van der Waals surface area contributed by atoms with E-state index in [-0.39, 0.29) is 30.4 Å². The van der Waals surface area contributed by atoms with Crippen LogP contribution in [0.1, 0.15) is 39.0 Å². The van der Waals surface area contributed by atoms with Gasteiger partial charge in [-0.15, -0.1) is 0 Å². The van der Waals surface area contributed by atoms with E-state index in [0.717, 1.165) is 38.7 Å². The molecule has 2 heterocycles. The second kappa shape index (κ2) is 6.36. The standard InChI is InChI=1S/C16H24O5/c1-10-6-7-11-12(15(17)18-2)9-20-16(14(10)11)21-13-5-3-4-8-19-13/h9-11,13-14,16H,3-8H2,1-2H3/t10-,11+,13?,14+,16-/m0/s1. The van der Waals surface area contributed by atoms with Crippen LogP contribution in [0.5, 0.6) is 0 Å². The first-order chi connectivity index (χ1) is 10.2. The highest BCUT2D eigenvalue weighted by molar-refractivity contribution is 5.89. The number of hydrogen-bond donors (Lipinski definition) is 0. The van der Waals surface area contributed by atoms with Crippen LogP contribution in [-0.2, 0) is 23.7 Å². The quantitative estimate of drug-likeness (QED) is 0.749.